The van der Waals surface area contributed by atoms with Crippen LogP contribution in [-0.2, 0) is 0 Å². The zero-order valence-corrected chi connectivity index (χ0v) is 9.14. The molecule has 0 amide bonds. The summed E-state index contributed by atoms with van der Waals surface area (Å²) in [6.07, 6.45) is 0. The molecule has 0 atom stereocenters. The van der Waals surface area contributed by atoms with Crippen LogP contribution in [0.3, 0.4) is 0 Å². The molecular weight excluding hydrogens is 186 g/mol. The fraction of sp³-hybridized carbons (Fsp3) is 0.750. The van der Waals surface area contributed by atoms with E-state index in [9.17, 15) is 5.11 Å². The fourth-order valence-corrected chi connectivity index (χ4v) is 1.25. The molecular formula is C8H15N3OS. The second-order valence-corrected chi connectivity index (χ2v) is 4.89. The van der Waals surface area contributed by atoms with Gasteiger partial charge in [-0.3, -0.25) is 0 Å². The molecule has 0 aliphatic carbocycles. The van der Waals surface area contributed by atoms with Gasteiger partial charge in [0.15, 0.2) is 0 Å². The van der Waals surface area contributed by atoms with Gasteiger partial charge in [0.05, 0.1) is 11.1 Å². The Morgan fingerprint density at radius 2 is 2.00 bits per heavy atom. The first kappa shape index (κ1) is 10.4. The van der Waals surface area contributed by atoms with Gasteiger partial charge in [0.2, 0.25) is 5.13 Å². The van der Waals surface area contributed by atoms with E-state index in [2.05, 4.69) is 15.5 Å². The second kappa shape index (κ2) is 3.23. The number of nitrogens with zero attached hydrogens (tertiary/aromatic N) is 2. The molecule has 0 aliphatic rings. The van der Waals surface area contributed by atoms with E-state index >= 15 is 0 Å². The lowest BCUT2D eigenvalue weighted by molar-refractivity contribution is 0.0240. The molecule has 0 aromatic carbocycles. The van der Waals surface area contributed by atoms with Crippen molar-refractivity contribution in [3.8, 4) is 0 Å². The van der Waals surface area contributed by atoms with Gasteiger partial charge in [0.1, 0.15) is 5.51 Å². The molecule has 4 nitrogen and oxygen atoms in total. The third kappa shape index (κ3) is 2.38. The zero-order chi connectivity index (χ0) is 10.1. The first-order valence-corrected chi connectivity index (χ1v) is 4.97. The van der Waals surface area contributed by atoms with E-state index in [1.807, 2.05) is 13.8 Å². The van der Waals surface area contributed by atoms with Crippen molar-refractivity contribution >= 4 is 16.5 Å². The third-order valence-electron chi connectivity index (χ3n) is 2.31. The molecule has 0 saturated heterocycles. The number of hydrogen-bond donors (Lipinski definition) is 2. The van der Waals surface area contributed by atoms with Crippen molar-refractivity contribution in [3.05, 3.63) is 5.51 Å². The summed E-state index contributed by atoms with van der Waals surface area (Å²) < 4.78 is 0. The quantitative estimate of drug-likeness (QED) is 0.778. The highest BCUT2D eigenvalue weighted by molar-refractivity contribution is 7.13. The summed E-state index contributed by atoms with van der Waals surface area (Å²) in [5.41, 5.74) is 0.425. The smallest absolute Gasteiger partial charge is 0.205 e. The molecule has 1 aromatic rings. The van der Waals surface area contributed by atoms with Crippen molar-refractivity contribution in [2.75, 3.05) is 5.32 Å². The van der Waals surface area contributed by atoms with Crippen molar-refractivity contribution < 1.29 is 5.11 Å². The second-order valence-electron chi connectivity index (χ2n) is 4.05. The van der Waals surface area contributed by atoms with E-state index in [4.69, 9.17) is 0 Å². The SMILES string of the molecule is CC(C)(O)C(C)(C)Nc1nncs1. The predicted octanol–water partition coefficient (Wildman–Crippen LogP) is 1.50. The molecule has 5 heteroatoms. The molecule has 0 saturated carbocycles. The largest absolute Gasteiger partial charge is 0.388 e. The van der Waals surface area contributed by atoms with Crippen LogP contribution in [0.4, 0.5) is 5.13 Å². The molecule has 0 radical (unpaired) electrons. The summed E-state index contributed by atoms with van der Waals surface area (Å²) >= 11 is 1.42. The van der Waals surface area contributed by atoms with Crippen molar-refractivity contribution in [1.82, 2.24) is 10.2 Å². The highest BCUT2D eigenvalue weighted by Gasteiger charge is 2.35. The monoisotopic (exact) mass is 201 g/mol. The van der Waals surface area contributed by atoms with Crippen LogP contribution < -0.4 is 5.32 Å². The topological polar surface area (TPSA) is 58.0 Å². The van der Waals surface area contributed by atoms with E-state index in [0.29, 0.717) is 0 Å². The van der Waals surface area contributed by atoms with Gasteiger partial charge >= 0.3 is 0 Å². The lowest BCUT2D eigenvalue weighted by Crippen LogP contribution is -2.51. The van der Waals surface area contributed by atoms with Crippen LogP contribution in [0, 0.1) is 0 Å². The summed E-state index contributed by atoms with van der Waals surface area (Å²) in [4.78, 5) is 0. The maximum Gasteiger partial charge on any atom is 0.205 e. The Labute approximate surface area is 82.0 Å². The molecule has 0 unspecified atom stereocenters. The summed E-state index contributed by atoms with van der Waals surface area (Å²) in [6.45, 7) is 7.38. The van der Waals surface area contributed by atoms with Crippen LogP contribution in [0.25, 0.3) is 0 Å². The van der Waals surface area contributed by atoms with Gasteiger partial charge in [0, 0.05) is 0 Å². The standard InChI is InChI=1S/C8H15N3OS/c1-7(2,8(3,4)12)10-6-11-9-5-13-6/h5,12H,1-4H3,(H,10,11). The van der Waals surface area contributed by atoms with Crippen LogP contribution in [-0.4, -0.2) is 26.4 Å². The molecule has 0 spiro atoms. The Morgan fingerprint density at radius 3 is 2.38 bits per heavy atom. The van der Waals surface area contributed by atoms with Gasteiger partial charge in [-0.15, -0.1) is 10.2 Å². The van der Waals surface area contributed by atoms with E-state index in [1.54, 1.807) is 19.4 Å². The lowest BCUT2D eigenvalue weighted by Gasteiger charge is -2.37. The third-order valence-corrected chi connectivity index (χ3v) is 2.92. The summed E-state index contributed by atoms with van der Waals surface area (Å²) in [5.74, 6) is 0. The highest BCUT2D eigenvalue weighted by Crippen LogP contribution is 2.26. The van der Waals surface area contributed by atoms with Gasteiger partial charge in [0.25, 0.3) is 0 Å². The minimum atomic E-state index is -0.807. The van der Waals surface area contributed by atoms with Crippen LogP contribution in [0.2, 0.25) is 0 Å². The van der Waals surface area contributed by atoms with E-state index < -0.39 is 11.1 Å². The maximum atomic E-state index is 9.84. The number of nitrogens with one attached hydrogen (secondary N) is 1. The summed E-state index contributed by atoms with van der Waals surface area (Å²) in [7, 11) is 0. The Balaban J connectivity index is 2.73. The number of aliphatic hydroxyl groups is 1. The van der Waals surface area contributed by atoms with Crippen molar-refractivity contribution in [2.24, 2.45) is 0 Å². The van der Waals surface area contributed by atoms with Crippen LogP contribution in [0.15, 0.2) is 5.51 Å². The first-order chi connectivity index (χ1) is 5.83. The number of hydrogen-bond acceptors (Lipinski definition) is 5. The minimum absolute atomic E-state index is 0.424. The van der Waals surface area contributed by atoms with E-state index in [-0.39, 0.29) is 0 Å². The number of aromatic nitrogens is 2. The molecule has 1 aromatic heterocycles. The maximum absolute atomic E-state index is 9.84. The van der Waals surface area contributed by atoms with E-state index in [1.165, 1.54) is 11.3 Å². The van der Waals surface area contributed by atoms with Crippen LogP contribution in [0.1, 0.15) is 27.7 Å². The minimum Gasteiger partial charge on any atom is -0.388 e. The molecule has 1 rings (SSSR count). The highest BCUT2D eigenvalue weighted by atomic mass is 32.1. The van der Waals surface area contributed by atoms with Crippen molar-refractivity contribution in [3.63, 3.8) is 0 Å². The van der Waals surface area contributed by atoms with Gasteiger partial charge in [-0.25, -0.2) is 0 Å². The van der Waals surface area contributed by atoms with Gasteiger partial charge in [-0.2, -0.15) is 0 Å². The number of anilines is 1. The number of rotatable bonds is 3. The molecule has 2 N–H and O–H groups in total. The zero-order valence-electron chi connectivity index (χ0n) is 8.33. The molecule has 74 valence electrons. The Bertz CT molecular complexity index is 263. The van der Waals surface area contributed by atoms with Crippen molar-refractivity contribution in [2.45, 2.75) is 38.8 Å². The van der Waals surface area contributed by atoms with E-state index in [0.717, 1.165) is 5.13 Å². The van der Waals surface area contributed by atoms with Gasteiger partial charge in [-0.05, 0) is 27.7 Å². The normalized spacial score (nSPS) is 13.0. The lowest BCUT2D eigenvalue weighted by atomic mass is 9.86. The summed E-state index contributed by atoms with van der Waals surface area (Å²) in [5, 5.41) is 21.3. The molecule has 13 heavy (non-hydrogen) atoms. The van der Waals surface area contributed by atoms with Gasteiger partial charge < -0.3 is 10.4 Å². The predicted molar refractivity (Wildman–Crippen MR) is 53.9 cm³/mol. The Morgan fingerprint density at radius 1 is 1.38 bits per heavy atom. The average Bonchev–Trinajstić information content (AvgIpc) is 2.35. The first-order valence-electron chi connectivity index (χ1n) is 4.10. The fourth-order valence-electron chi connectivity index (χ4n) is 0.648. The van der Waals surface area contributed by atoms with Crippen LogP contribution in [0.5, 0.6) is 0 Å². The van der Waals surface area contributed by atoms with Crippen molar-refractivity contribution in [1.29, 1.82) is 0 Å². The average molecular weight is 201 g/mol. The Hall–Kier alpha value is -0.680. The molecule has 0 aliphatic heterocycles. The Kier molecular flexibility index (Phi) is 2.58. The molecule has 0 fully saturated rings. The summed E-state index contributed by atoms with van der Waals surface area (Å²) in [6, 6.07) is 0. The van der Waals surface area contributed by atoms with Crippen LogP contribution >= 0.6 is 11.3 Å². The molecule has 0 bridgehead atoms. The molecule has 1 heterocycles. The van der Waals surface area contributed by atoms with Gasteiger partial charge in [-0.1, -0.05) is 11.3 Å².